The number of carbonyl (C=O) groups is 1. The van der Waals surface area contributed by atoms with Crippen molar-refractivity contribution in [2.45, 2.75) is 57.3 Å². The summed E-state index contributed by atoms with van der Waals surface area (Å²) in [5.74, 6) is -0.645. The fraction of sp³-hybridized carbons (Fsp3) is 0.423. The fourth-order valence-electron chi connectivity index (χ4n) is 5.03. The molecule has 0 bridgehead atoms. The summed E-state index contributed by atoms with van der Waals surface area (Å²) in [6, 6.07) is 18.8. The standard InChI is InChI=1S/C26H32N2O/c27-26(29)25(21-14-6-2-7-15-21)24(20-12-4-1-5-13-20)22-16-8-9-17-23(22)28-18-10-3-11-19-28/h2,6-9,14-17,25H,1,3-5,10-13,18-19H2,(H2,27,29). The molecule has 2 aromatic rings. The van der Waals surface area contributed by atoms with Gasteiger partial charge in [-0.15, -0.1) is 0 Å². The van der Waals surface area contributed by atoms with E-state index in [1.165, 1.54) is 60.9 Å². The summed E-state index contributed by atoms with van der Waals surface area (Å²) in [6.07, 6.45) is 9.59. The Morgan fingerprint density at radius 2 is 1.41 bits per heavy atom. The van der Waals surface area contributed by atoms with E-state index in [9.17, 15) is 4.79 Å². The number of hydrogen-bond donors (Lipinski definition) is 1. The molecule has 0 radical (unpaired) electrons. The molecule has 2 fully saturated rings. The van der Waals surface area contributed by atoms with Crippen molar-refractivity contribution >= 4 is 17.2 Å². The van der Waals surface area contributed by atoms with Crippen LogP contribution in [0.2, 0.25) is 0 Å². The number of piperidine rings is 1. The lowest BCUT2D eigenvalue weighted by Crippen LogP contribution is -2.31. The van der Waals surface area contributed by atoms with E-state index < -0.39 is 5.92 Å². The molecule has 152 valence electrons. The van der Waals surface area contributed by atoms with Gasteiger partial charge in [0.05, 0.1) is 5.92 Å². The highest BCUT2D eigenvalue weighted by Crippen LogP contribution is 2.43. The minimum atomic E-state index is -0.393. The quantitative estimate of drug-likeness (QED) is 0.718. The van der Waals surface area contributed by atoms with E-state index in [0.29, 0.717) is 0 Å². The molecule has 1 atom stereocenters. The van der Waals surface area contributed by atoms with E-state index in [1.807, 2.05) is 30.3 Å². The highest BCUT2D eigenvalue weighted by Gasteiger charge is 2.29. The van der Waals surface area contributed by atoms with E-state index in [0.717, 1.165) is 31.5 Å². The summed E-state index contributed by atoms with van der Waals surface area (Å²) in [5, 5.41) is 0. The van der Waals surface area contributed by atoms with Gasteiger partial charge in [0.25, 0.3) is 0 Å². The van der Waals surface area contributed by atoms with Gasteiger partial charge in [-0.2, -0.15) is 0 Å². The second kappa shape index (κ2) is 9.30. The first-order valence-electron chi connectivity index (χ1n) is 11.2. The Balaban J connectivity index is 1.88. The van der Waals surface area contributed by atoms with Crippen LogP contribution >= 0.6 is 0 Å². The number of benzene rings is 2. The van der Waals surface area contributed by atoms with Crippen LogP contribution in [-0.2, 0) is 4.79 Å². The Bertz CT molecular complexity index is 857. The maximum atomic E-state index is 12.8. The topological polar surface area (TPSA) is 46.3 Å². The van der Waals surface area contributed by atoms with Crippen LogP contribution in [0.3, 0.4) is 0 Å². The summed E-state index contributed by atoms with van der Waals surface area (Å²) in [7, 11) is 0. The van der Waals surface area contributed by atoms with Crippen LogP contribution in [0.5, 0.6) is 0 Å². The lowest BCUT2D eigenvalue weighted by molar-refractivity contribution is -0.118. The van der Waals surface area contributed by atoms with Crippen molar-refractivity contribution in [3.8, 4) is 0 Å². The molecule has 2 N–H and O–H groups in total. The number of anilines is 1. The van der Waals surface area contributed by atoms with Gasteiger partial charge in [-0.3, -0.25) is 4.79 Å². The maximum Gasteiger partial charge on any atom is 0.229 e. The summed E-state index contributed by atoms with van der Waals surface area (Å²) in [5.41, 5.74) is 12.1. The predicted molar refractivity (Wildman–Crippen MR) is 121 cm³/mol. The number of carbonyl (C=O) groups excluding carboxylic acids is 1. The number of para-hydroxylation sites is 1. The average Bonchev–Trinajstić information content (AvgIpc) is 2.79. The molecule has 3 heteroatoms. The van der Waals surface area contributed by atoms with Crippen LogP contribution in [0.15, 0.2) is 60.2 Å². The first kappa shape index (κ1) is 19.8. The number of nitrogens with two attached hydrogens (primary N) is 1. The summed E-state index contributed by atoms with van der Waals surface area (Å²) in [6.45, 7) is 2.18. The highest BCUT2D eigenvalue weighted by atomic mass is 16.1. The van der Waals surface area contributed by atoms with Gasteiger partial charge in [-0.05, 0) is 62.1 Å². The molecule has 1 heterocycles. The van der Waals surface area contributed by atoms with Crippen LogP contribution in [-0.4, -0.2) is 19.0 Å². The van der Waals surface area contributed by atoms with Crippen molar-refractivity contribution in [3.05, 3.63) is 71.3 Å². The van der Waals surface area contributed by atoms with Crippen molar-refractivity contribution in [3.63, 3.8) is 0 Å². The first-order valence-corrected chi connectivity index (χ1v) is 11.2. The molecule has 0 spiro atoms. The molecule has 1 unspecified atom stereocenters. The van der Waals surface area contributed by atoms with Gasteiger partial charge in [0.15, 0.2) is 0 Å². The SMILES string of the molecule is NC(=O)C(C(=C1CCCCC1)c1ccccc1N1CCCCC1)c1ccccc1. The molecule has 1 aliphatic heterocycles. The molecule has 1 aliphatic carbocycles. The highest BCUT2D eigenvalue weighted by molar-refractivity contribution is 5.99. The molecular formula is C26H32N2O. The van der Waals surface area contributed by atoms with Gasteiger partial charge >= 0.3 is 0 Å². The van der Waals surface area contributed by atoms with Gasteiger partial charge in [-0.1, -0.05) is 60.5 Å². The Labute approximate surface area is 174 Å². The lowest BCUT2D eigenvalue weighted by Gasteiger charge is -2.33. The van der Waals surface area contributed by atoms with Gasteiger partial charge in [0.1, 0.15) is 0 Å². The van der Waals surface area contributed by atoms with E-state index >= 15 is 0 Å². The third-order valence-corrected chi connectivity index (χ3v) is 6.44. The van der Waals surface area contributed by atoms with Crippen LogP contribution in [0.25, 0.3) is 5.57 Å². The van der Waals surface area contributed by atoms with E-state index in [-0.39, 0.29) is 5.91 Å². The van der Waals surface area contributed by atoms with Gasteiger partial charge < -0.3 is 10.6 Å². The molecule has 1 amide bonds. The molecule has 1 saturated heterocycles. The van der Waals surface area contributed by atoms with Crippen LogP contribution < -0.4 is 10.6 Å². The largest absolute Gasteiger partial charge is 0.371 e. The first-order chi connectivity index (χ1) is 14.3. The van der Waals surface area contributed by atoms with Crippen LogP contribution in [0, 0.1) is 0 Å². The Kier molecular flexibility index (Phi) is 6.33. The lowest BCUT2D eigenvalue weighted by atomic mass is 9.78. The Morgan fingerprint density at radius 1 is 0.793 bits per heavy atom. The molecule has 2 aliphatic rings. The van der Waals surface area contributed by atoms with E-state index in [4.69, 9.17) is 5.73 Å². The second-order valence-electron chi connectivity index (χ2n) is 8.39. The van der Waals surface area contributed by atoms with Crippen LogP contribution in [0.1, 0.15) is 68.4 Å². The zero-order chi connectivity index (χ0) is 20.1. The zero-order valence-electron chi connectivity index (χ0n) is 17.3. The van der Waals surface area contributed by atoms with Crippen molar-refractivity contribution in [1.82, 2.24) is 0 Å². The fourth-order valence-corrected chi connectivity index (χ4v) is 5.03. The summed E-state index contributed by atoms with van der Waals surface area (Å²) in [4.78, 5) is 15.3. The van der Waals surface area contributed by atoms with Gasteiger partial charge in [-0.25, -0.2) is 0 Å². The molecule has 2 aromatic carbocycles. The van der Waals surface area contributed by atoms with Crippen molar-refractivity contribution in [2.24, 2.45) is 5.73 Å². The molecule has 4 rings (SSSR count). The van der Waals surface area contributed by atoms with Crippen LogP contribution in [0.4, 0.5) is 5.69 Å². The third kappa shape index (κ3) is 4.39. The predicted octanol–water partition coefficient (Wildman–Crippen LogP) is 5.66. The third-order valence-electron chi connectivity index (χ3n) is 6.44. The number of allylic oxidation sites excluding steroid dienone is 1. The van der Waals surface area contributed by atoms with Crippen molar-refractivity contribution in [2.75, 3.05) is 18.0 Å². The number of rotatable bonds is 5. The van der Waals surface area contributed by atoms with E-state index in [2.05, 4.69) is 29.2 Å². The smallest absolute Gasteiger partial charge is 0.229 e. The Morgan fingerprint density at radius 3 is 2.10 bits per heavy atom. The number of nitrogens with zero attached hydrogens (tertiary/aromatic N) is 1. The number of amides is 1. The van der Waals surface area contributed by atoms with Crippen molar-refractivity contribution < 1.29 is 4.79 Å². The van der Waals surface area contributed by atoms with Crippen molar-refractivity contribution in [1.29, 1.82) is 0 Å². The van der Waals surface area contributed by atoms with Gasteiger partial charge in [0.2, 0.25) is 5.91 Å². The normalized spacial score (nSPS) is 18.3. The molecular weight excluding hydrogens is 356 g/mol. The minimum Gasteiger partial charge on any atom is -0.371 e. The molecule has 3 nitrogen and oxygen atoms in total. The monoisotopic (exact) mass is 388 g/mol. The minimum absolute atomic E-state index is 0.252. The molecule has 1 saturated carbocycles. The van der Waals surface area contributed by atoms with E-state index in [1.54, 1.807) is 0 Å². The van der Waals surface area contributed by atoms with Gasteiger partial charge in [0, 0.05) is 24.3 Å². The second-order valence-corrected chi connectivity index (χ2v) is 8.39. The summed E-state index contributed by atoms with van der Waals surface area (Å²) >= 11 is 0. The number of hydrogen-bond acceptors (Lipinski definition) is 2. The molecule has 0 aromatic heterocycles. The summed E-state index contributed by atoms with van der Waals surface area (Å²) < 4.78 is 0. The maximum absolute atomic E-state index is 12.8. The Hall–Kier alpha value is -2.55. The zero-order valence-corrected chi connectivity index (χ0v) is 17.3. The number of primary amides is 1. The molecule has 29 heavy (non-hydrogen) atoms. The average molecular weight is 389 g/mol.